The Hall–Kier alpha value is -1.75. The first-order valence-electron chi connectivity index (χ1n) is 7.48. The molecule has 3 N–H and O–H groups in total. The van der Waals surface area contributed by atoms with Crippen molar-refractivity contribution in [1.82, 2.24) is 4.90 Å². The van der Waals surface area contributed by atoms with Crippen LogP contribution in [0.2, 0.25) is 0 Å². The molecule has 0 heterocycles. The SMILES string of the molecule is CC(C)CN(CCCOc1ccccc1)CCC(N)=NO. The number of amidine groups is 1. The van der Waals surface area contributed by atoms with Crippen LogP contribution in [0.25, 0.3) is 0 Å². The lowest BCUT2D eigenvalue weighted by Crippen LogP contribution is -2.33. The van der Waals surface area contributed by atoms with Gasteiger partial charge < -0.3 is 20.6 Å². The number of oxime groups is 1. The van der Waals surface area contributed by atoms with Gasteiger partial charge in [0.25, 0.3) is 0 Å². The number of rotatable bonds is 10. The lowest BCUT2D eigenvalue weighted by atomic mass is 10.2. The average Bonchev–Trinajstić information content (AvgIpc) is 2.49. The summed E-state index contributed by atoms with van der Waals surface area (Å²) in [5.41, 5.74) is 5.53. The zero-order valence-corrected chi connectivity index (χ0v) is 13.0. The van der Waals surface area contributed by atoms with Gasteiger partial charge in [-0.05, 0) is 24.5 Å². The van der Waals surface area contributed by atoms with Gasteiger partial charge in [-0.25, -0.2) is 0 Å². The summed E-state index contributed by atoms with van der Waals surface area (Å²) in [6, 6.07) is 9.84. The summed E-state index contributed by atoms with van der Waals surface area (Å²) in [5.74, 6) is 1.78. The molecule has 0 amide bonds. The van der Waals surface area contributed by atoms with E-state index < -0.39 is 0 Å². The van der Waals surface area contributed by atoms with Crippen molar-refractivity contribution in [3.63, 3.8) is 0 Å². The lowest BCUT2D eigenvalue weighted by molar-refractivity contribution is 0.219. The molecule has 1 rings (SSSR count). The third-order valence-corrected chi connectivity index (χ3v) is 3.07. The summed E-state index contributed by atoms with van der Waals surface area (Å²) in [7, 11) is 0. The number of ether oxygens (including phenoxy) is 1. The van der Waals surface area contributed by atoms with Crippen LogP contribution in [0.15, 0.2) is 35.5 Å². The number of hydrogen-bond acceptors (Lipinski definition) is 4. The first-order chi connectivity index (χ1) is 10.1. The van der Waals surface area contributed by atoms with Crippen LogP contribution in [-0.4, -0.2) is 42.2 Å². The molecule has 118 valence electrons. The van der Waals surface area contributed by atoms with Gasteiger partial charge in [-0.15, -0.1) is 0 Å². The molecular formula is C16H27N3O2. The minimum atomic E-state index is 0.282. The molecule has 0 saturated carbocycles. The van der Waals surface area contributed by atoms with Gasteiger partial charge in [-0.3, -0.25) is 0 Å². The molecule has 0 unspecified atom stereocenters. The van der Waals surface area contributed by atoms with Crippen molar-refractivity contribution >= 4 is 5.84 Å². The molecule has 1 aromatic carbocycles. The van der Waals surface area contributed by atoms with Crippen LogP contribution >= 0.6 is 0 Å². The minimum Gasteiger partial charge on any atom is -0.494 e. The topological polar surface area (TPSA) is 71.1 Å². The van der Waals surface area contributed by atoms with Crippen LogP contribution in [0.3, 0.4) is 0 Å². The van der Waals surface area contributed by atoms with Gasteiger partial charge in [0, 0.05) is 26.1 Å². The molecule has 0 fully saturated rings. The Bertz CT molecular complexity index is 407. The van der Waals surface area contributed by atoms with E-state index in [9.17, 15) is 0 Å². The Labute approximate surface area is 127 Å². The van der Waals surface area contributed by atoms with Crippen LogP contribution in [0.4, 0.5) is 0 Å². The van der Waals surface area contributed by atoms with E-state index in [1.165, 1.54) is 0 Å². The Balaban J connectivity index is 2.28. The molecule has 0 aliphatic rings. The Kier molecular flexibility index (Phi) is 8.28. The molecule has 5 heteroatoms. The highest BCUT2D eigenvalue weighted by Gasteiger charge is 2.08. The number of nitrogens with zero attached hydrogens (tertiary/aromatic N) is 2. The fourth-order valence-electron chi connectivity index (χ4n) is 2.13. The highest BCUT2D eigenvalue weighted by Crippen LogP contribution is 2.09. The Morgan fingerprint density at radius 2 is 2.00 bits per heavy atom. The molecule has 1 aromatic rings. The molecule has 0 atom stereocenters. The van der Waals surface area contributed by atoms with Crippen LogP contribution in [0.5, 0.6) is 5.75 Å². The fraction of sp³-hybridized carbons (Fsp3) is 0.562. The molecule has 21 heavy (non-hydrogen) atoms. The third kappa shape index (κ3) is 8.19. The van der Waals surface area contributed by atoms with E-state index in [2.05, 4.69) is 23.9 Å². The second-order valence-electron chi connectivity index (χ2n) is 5.55. The van der Waals surface area contributed by atoms with Gasteiger partial charge in [0.15, 0.2) is 0 Å². The van der Waals surface area contributed by atoms with E-state index in [1.807, 2.05) is 30.3 Å². The summed E-state index contributed by atoms with van der Waals surface area (Å²) in [6.07, 6.45) is 1.54. The first kappa shape index (κ1) is 17.3. The maximum atomic E-state index is 8.59. The molecule has 0 spiro atoms. The van der Waals surface area contributed by atoms with E-state index in [4.69, 9.17) is 15.7 Å². The molecule has 0 aliphatic carbocycles. The molecular weight excluding hydrogens is 266 g/mol. The van der Waals surface area contributed by atoms with E-state index in [-0.39, 0.29) is 5.84 Å². The summed E-state index contributed by atoms with van der Waals surface area (Å²) in [4.78, 5) is 2.33. The minimum absolute atomic E-state index is 0.282. The van der Waals surface area contributed by atoms with E-state index in [0.717, 1.165) is 31.8 Å². The second kappa shape index (κ2) is 10.0. The largest absolute Gasteiger partial charge is 0.494 e. The van der Waals surface area contributed by atoms with Crippen molar-refractivity contribution in [3.8, 4) is 5.75 Å². The molecule has 0 aliphatic heterocycles. The quantitative estimate of drug-likeness (QED) is 0.229. The number of nitrogens with two attached hydrogens (primary N) is 1. The molecule has 0 radical (unpaired) electrons. The fourth-order valence-corrected chi connectivity index (χ4v) is 2.13. The van der Waals surface area contributed by atoms with E-state index in [1.54, 1.807) is 0 Å². The standard InChI is InChI=1S/C16H27N3O2/c1-14(2)13-19(11-9-16(17)18-20)10-6-12-21-15-7-4-3-5-8-15/h3-5,7-8,14,20H,6,9-13H2,1-2H3,(H2,17,18). The third-order valence-electron chi connectivity index (χ3n) is 3.07. The molecule has 0 bridgehead atoms. The number of hydrogen-bond donors (Lipinski definition) is 2. The zero-order valence-electron chi connectivity index (χ0n) is 13.0. The van der Waals surface area contributed by atoms with Crippen molar-refractivity contribution in [2.24, 2.45) is 16.8 Å². The van der Waals surface area contributed by atoms with Crippen LogP contribution < -0.4 is 10.5 Å². The van der Waals surface area contributed by atoms with Crippen LogP contribution in [-0.2, 0) is 0 Å². The van der Waals surface area contributed by atoms with Crippen molar-refractivity contribution in [2.45, 2.75) is 26.7 Å². The summed E-state index contributed by atoms with van der Waals surface area (Å²) in [5, 5.41) is 11.6. The van der Waals surface area contributed by atoms with Gasteiger partial charge in [-0.1, -0.05) is 37.2 Å². The van der Waals surface area contributed by atoms with Crippen molar-refractivity contribution in [3.05, 3.63) is 30.3 Å². The van der Waals surface area contributed by atoms with E-state index in [0.29, 0.717) is 18.9 Å². The van der Waals surface area contributed by atoms with Gasteiger partial charge in [0.1, 0.15) is 11.6 Å². The van der Waals surface area contributed by atoms with Crippen LogP contribution in [0, 0.1) is 5.92 Å². The first-order valence-corrected chi connectivity index (χ1v) is 7.48. The Morgan fingerprint density at radius 3 is 2.62 bits per heavy atom. The zero-order chi connectivity index (χ0) is 15.5. The molecule has 0 aromatic heterocycles. The van der Waals surface area contributed by atoms with Gasteiger partial charge in [0.2, 0.25) is 0 Å². The lowest BCUT2D eigenvalue weighted by Gasteiger charge is -2.24. The summed E-state index contributed by atoms with van der Waals surface area (Å²) in [6.45, 7) is 7.84. The smallest absolute Gasteiger partial charge is 0.140 e. The predicted octanol–water partition coefficient (Wildman–Crippen LogP) is 2.55. The maximum absolute atomic E-state index is 8.59. The number of para-hydroxylation sites is 1. The molecule has 0 saturated heterocycles. The van der Waals surface area contributed by atoms with Gasteiger partial charge >= 0.3 is 0 Å². The highest BCUT2D eigenvalue weighted by atomic mass is 16.5. The van der Waals surface area contributed by atoms with Crippen molar-refractivity contribution in [1.29, 1.82) is 0 Å². The van der Waals surface area contributed by atoms with Gasteiger partial charge in [-0.2, -0.15) is 0 Å². The predicted molar refractivity (Wildman–Crippen MR) is 85.9 cm³/mol. The maximum Gasteiger partial charge on any atom is 0.140 e. The number of benzene rings is 1. The Morgan fingerprint density at radius 1 is 1.29 bits per heavy atom. The van der Waals surface area contributed by atoms with Crippen molar-refractivity contribution in [2.75, 3.05) is 26.2 Å². The van der Waals surface area contributed by atoms with Gasteiger partial charge in [0.05, 0.1) is 6.61 Å². The summed E-state index contributed by atoms with van der Waals surface area (Å²) < 4.78 is 5.69. The average molecular weight is 293 g/mol. The van der Waals surface area contributed by atoms with E-state index >= 15 is 0 Å². The monoisotopic (exact) mass is 293 g/mol. The normalized spacial score (nSPS) is 12.1. The highest BCUT2D eigenvalue weighted by molar-refractivity contribution is 5.79. The second-order valence-corrected chi connectivity index (χ2v) is 5.55. The van der Waals surface area contributed by atoms with Crippen molar-refractivity contribution < 1.29 is 9.94 Å². The van der Waals surface area contributed by atoms with Crippen LogP contribution in [0.1, 0.15) is 26.7 Å². The molecule has 5 nitrogen and oxygen atoms in total. The summed E-state index contributed by atoms with van der Waals surface area (Å²) >= 11 is 0.